The molecule has 3 rings (SSSR count). The fourth-order valence-electron chi connectivity index (χ4n) is 3.55. The molecule has 1 aromatic carbocycles. The van der Waals surface area contributed by atoms with E-state index in [2.05, 4.69) is 44.0 Å². The van der Waals surface area contributed by atoms with E-state index >= 15 is 0 Å². The molecule has 106 valence electrons. The average molecular weight is 270 g/mol. The number of nitrogens with two attached hydrogens (primary N) is 1. The highest BCUT2D eigenvalue weighted by Gasteiger charge is 2.41. The van der Waals surface area contributed by atoms with Crippen LogP contribution in [0.4, 0.5) is 0 Å². The van der Waals surface area contributed by atoms with Gasteiger partial charge >= 0.3 is 0 Å². The van der Waals surface area contributed by atoms with Gasteiger partial charge < -0.3 is 10.5 Å². The Morgan fingerprint density at radius 3 is 2.65 bits per heavy atom. The second-order valence-electron chi connectivity index (χ2n) is 5.95. The standard InChI is InChI=1S/C17H22N2O/c1-10-11(2)20-12(3)16(10)17(18)14-6-4-5-13-7-8-19-9-15(13)14/h4-12,16-17H,18H2,1-3H3. The third-order valence-corrected chi connectivity index (χ3v) is 4.81. The van der Waals surface area contributed by atoms with Crippen LogP contribution in [-0.2, 0) is 4.74 Å². The summed E-state index contributed by atoms with van der Waals surface area (Å²) in [5.41, 5.74) is 7.78. The van der Waals surface area contributed by atoms with E-state index in [-0.39, 0.29) is 18.2 Å². The van der Waals surface area contributed by atoms with Crippen molar-refractivity contribution in [1.82, 2.24) is 4.98 Å². The maximum atomic E-state index is 6.60. The SMILES string of the molecule is CC1OC(C)C(C(N)c2cccc3ccncc23)C1C. The molecule has 5 atom stereocenters. The van der Waals surface area contributed by atoms with Gasteiger partial charge in [0.1, 0.15) is 0 Å². The second-order valence-corrected chi connectivity index (χ2v) is 5.95. The van der Waals surface area contributed by atoms with E-state index < -0.39 is 0 Å². The molecule has 2 N–H and O–H groups in total. The zero-order valence-corrected chi connectivity index (χ0v) is 12.3. The minimum Gasteiger partial charge on any atom is -0.375 e. The molecule has 0 bridgehead atoms. The van der Waals surface area contributed by atoms with Crippen molar-refractivity contribution in [2.45, 2.75) is 39.0 Å². The molecule has 2 aromatic rings. The number of aromatic nitrogens is 1. The third-order valence-electron chi connectivity index (χ3n) is 4.81. The van der Waals surface area contributed by atoms with Crippen LogP contribution in [0, 0.1) is 11.8 Å². The molecule has 3 nitrogen and oxygen atoms in total. The number of ether oxygens (including phenoxy) is 1. The minimum absolute atomic E-state index is 0.0159. The van der Waals surface area contributed by atoms with Crippen molar-refractivity contribution in [3.05, 3.63) is 42.2 Å². The van der Waals surface area contributed by atoms with Gasteiger partial charge in [-0.2, -0.15) is 0 Å². The highest BCUT2D eigenvalue weighted by atomic mass is 16.5. The largest absolute Gasteiger partial charge is 0.375 e. The Labute approximate surface area is 120 Å². The molecule has 1 aliphatic rings. The van der Waals surface area contributed by atoms with Gasteiger partial charge in [-0.05, 0) is 36.8 Å². The van der Waals surface area contributed by atoms with Gasteiger partial charge in [-0.15, -0.1) is 0 Å². The molecule has 1 aliphatic heterocycles. The van der Waals surface area contributed by atoms with Gasteiger partial charge in [0.05, 0.1) is 12.2 Å². The predicted octanol–water partition coefficient (Wildman–Crippen LogP) is 3.29. The molecule has 0 saturated carbocycles. The second kappa shape index (κ2) is 5.15. The van der Waals surface area contributed by atoms with Crippen LogP contribution in [0.2, 0.25) is 0 Å². The molecule has 5 unspecified atom stereocenters. The summed E-state index contributed by atoms with van der Waals surface area (Å²) in [6, 6.07) is 8.32. The van der Waals surface area contributed by atoms with Crippen LogP contribution >= 0.6 is 0 Å². The lowest BCUT2D eigenvalue weighted by molar-refractivity contribution is 0.0490. The van der Waals surface area contributed by atoms with Gasteiger partial charge in [-0.1, -0.05) is 25.1 Å². The first kappa shape index (κ1) is 13.5. The van der Waals surface area contributed by atoms with Crippen molar-refractivity contribution in [3.8, 4) is 0 Å². The van der Waals surface area contributed by atoms with E-state index in [0.717, 1.165) is 5.39 Å². The Hall–Kier alpha value is -1.45. The highest BCUT2D eigenvalue weighted by molar-refractivity contribution is 5.85. The van der Waals surface area contributed by atoms with E-state index in [0.29, 0.717) is 11.8 Å². The summed E-state index contributed by atoms with van der Waals surface area (Å²) in [6.07, 6.45) is 4.21. The van der Waals surface area contributed by atoms with Crippen LogP contribution in [0.15, 0.2) is 36.7 Å². The van der Waals surface area contributed by atoms with Gasteiger partial charge in [0, 0.05) is 29.7 Å². The van der Waals surface area contributed by atoms with Crippen molar-refractivity contribution >= 4 is 10.8 Å². The van der Waals surface area contributed by atoms with E-state index in [9.17, 15) is 0 Å². The highest BCUT2D eigenvalue weighted by Crippen LogP contribution is 2.40. The Morgan fingerprint density at radius 2 is 1.95 bits per heavy atom. The number of nitrogens with zero attached hydrogens (tertiary/aromatic N) is 1. The van der Waals surface area contributed by atoms with E-state index in [4.69, 9.17) is 10.5 Å². The molecule has 1 aromatic heterocycles. The molecule has 2 heterocycles. The Kier molecular flexibility index (Phi) is 3.48. The molecule has 20 heavy (non-hydrogen) atoms. The molecule has 0 aliphatic carbocycles. The number of fused-ring (bicyclic) bond motifs is 1. The van der Waals surface area contributed by atoms with Crippen LogP contribution < -0.4 is 5.73 Å². The van der Waals surface area contributed by atoms with Crippen molar-refractivity contribution in [3.63, 3.8) is 0 Å². The molecule has 0 spiro atoms. The summed E-state index contributed by atoms with van der Waals surface area (Å²) in [5.74, 6) is 0.808. The van der Waals surface area contributed by atoms with Gasteiger partial charge in [-0.25, -0.2) is 0 Å². The van der Waals surface area contributed by atoms with Crippen molar-refractivity contribution < 1.29 is 4.74 Å². The minimum atomic E-state index is -0.0159. The Morgan fingerprint density at radius 1 is 1.15 bits per heavy atom. The van der Waals surface area contributed by atoms with Crippen LogP contribution in [0.1, 0.15) is 32.4 Å². The van der Waals surface area contributed by atoms with Crippen molar-refractivity contribution in [2.75, 3.05) is 0 Å². The van der Waals surface area contributed by atoms with Gasteiger partial charge in [0.2, 0.25) is 0 Å². The molecular formula is C17H22N2O. The maximum absolute atomic E-state index is 6.60. The summed E-state index contributed by atoms with van der Waals surface area (Å²) >= 11 is 0. The average Bonchev–Trinajstić information content (AvgIpc) is 2.71. The van der Waals surface area contributed by atoms with Crippen LogP contribution in [0.3, 0.4) is 0 Å². The van der Waals surface area contributed by atoms with Crippen LogP contribution in [0.25, 0.3) is 10.8 Å². The van der Waals surface area contributed by atoms with Crippen molar-refractivity contribution in [1.29, 1.82) is 0 Å². The normalized spacial score (nSPS) is 31.6. The van der Waals surface area contributed by atoms with Gasteiger partial charge in [-0.3, -0.25) is 4.98 Å². The zero-order valence-electron chi connectivity index (χ0n) is 12.3. The van der Waals surface area contributed by atoms with Gasteiger partial charge in [0.25, 0.3) is 0 Å². The van der Waals surface area contributed by atoms with Crippen LogP contribution in [-0.4, -0.2) is 17.2 Å². The number of hydrogen-bond donors (Lipinski definition) is 1. The first-order valence-electron chi connectivity index (χ1n) is 7.33. The quantitative estimate of drug-likeness (QED) is 0.911. The lowest BCUT2D eigenvalue weighted by Gasteiger charge is -2.27. The number of benzene rings is 1. The fourth-order valence-corrected chi connectivity index (χ4v) is 3.55. The monoisotopic (exact) mass is 270 g/mol. The molecule has 3 heteroatoms. The summed E-state index contributed by atoms with van der Waals surface area (Å²) in [7, 11) is 0. The number of pyridine rings is 1. The summed E-state index contributed by atoms with van der Waals surface area (Å²) in [6.45, 7) is 6.51. The molecule has 1 saturated heterocycles. The lowest BCUT2D eigenvalue weighted by Crippen LogP contribution is -2.30. The van der Waals surface area contributed by atoms with E-state index in [1.165, 1.54) is 10.9 Å². The Balaban J connectivity index is 2.03. The first-order valence-corrected chi connectivity index (χ1v) is 7.33. The van der Waals surface area contributed by atoms with Gasteiger partial charge in [0.15, 0.2) is 0 Å². The molecular weight excluding hydrogens is 248 g/mol. The molecule has 0 amide bonds. The third kappa shape index (κ3) is 2.11. The number of hydrogen-bond acceptors (Lipinski definition) is 3. The van der Waals surface area contributed by atoms with E-state index in [1.54, 1.807) is 0 Å². The Bertz CT molecular complexity index is 607. The lowest BCUT2D eigenvalue weighted by atomic mass is 9.80. The summed E-state index contributed by atoms with van der Waals surface area (Å²) < 4.78 is 5.95. The summed E-state index contributed by atoms with van der Waals surface area (Å²) in [4.78, 5) is 4.25. The summed E-state index contributed by atoms with van der Waals surface area (Å²) in [5, 5.41) is 2.35. The maximum Gasteiger partial charge on any atom is 0.0600 e. The van der Waals surface area contributed by atoms with Crippen LogP contribution in [0.5, 0.6) is 0 Å². The topological polar surface area (TPSA) is 48.1 Å². The molecule has 1 fully saturated rings. The van der Waals surface area contributed by atoms with E-state index in [1.807, 2.05) is 18.5 Å². The number of rotatable bonds is 2. The fraction of sp³-hybridized carbons (Fsp3) is 0.471. The zero-order chi connectivity index (χ0) is 14.3. The smallest absolute Gasteiger partial charge is 0.0600 e. The first-order chi connectivity index (χ1) is 9.59. The van der Waals surface area contributed by atoms with Crippen molar-refractivity contribution in [2.24, 2.45) is 17.6 Å². The predicted molar refractivity (Wildman–Crippen MR) is 81.3 cm³/mol. The molecule has 0 radical (unpaired) electrons.